The van der Waals surface area contributed by atoms with Gasteiger partial charge >= 0.3 is 0 Å². The molecular weight excluding hydrogens is 278 g/mol. The number of nitrogens with one attached hydrogen (secondary N) is 2. The van der Waals surface area contributed by atoms with Gasteiger partial charge in [-0.05, 0) is 42.0 Å². The zero-order valence-corrected chi connectivity index (χ0v) is 12.7. The third-order valence-corrected chi connectivity index (χ3v) is 5.24. The van der Waals surface area contributed by atoms with Gasteiger partial charge in [0.25, 0.3) is 0 Å². The lowest BCUT2D eigenvalue weighted by atomic mass is 9.80. The highest BCUT2D eigenvalue weighted by molar-refractivity contribution is 6.10. The molecule has 22 heavy (non-hydrogen) atoms. The molecule has 1 saturated carbocycles. The van der Waals surface area contributed by atoms with Gasteiger partial charge in [0.2, 0.25) is 11.8 Å². The number of hydrogen-bond donors (Lipinski definition) is 2. The number of carbonyl (C=O) groups is 2. The lowest BCUT2D eigenvalue weighted by molar-refractivity contribution is -0.123. The second-order valence-electron chi connectivity index (χ2n) is 6.52. The van der Waals surface area contributed by atoms with Crippen molar-refractivity contribution in [1.82, 2.24) is 5.43 Å². The van der Waals surface area contributed by atoms with Crippen LogP contribution >= 0.6 is 0 Å². The molecule has 2 aliphatic heterocycles. The fourth-order valence-electron chi connectivity index (χ4n) is 3.77. The molecule has 5 nitrogen and oxygen atoms in total. The summed E-state index contributed by atoms with van der Waals surface area (Å²) in [5, 5.41) is 7.26. The molecule has 2 amide bonds. The van der Waals surface area contributed by atoms with Crippen molar-refractivity contribution in [2.45, 2.75) is 32.6 Å². The SMILES string of the molecule is CCC1C(=O)Nc2ccc(C3=NNC(=O)C4CC34)cc2C1C. The number of hydrazone groups is 1. The Morgan fingerprint density at radius 3 is 2.82 bits per heavy atom. The first-order chi connectivity index (χ1) is 10.6. The fourth-order valence-corrected chi connectivity index (χ4v) is 3.77. The van der Waals surface area contributed by atoms with Crippen LogP contribution in [0.15, 0.2) is 23.3 Å². The van der Waals surface area contributed by atoms with E-state index in [4.69, 9.17) is 0 Å². The first-order valence-corrected chi connectivity index (χ1v) is 7.92. The van der Waals surface area contributed by atoms with Crippen LogP contribution in [0.25, 0.3) is 0 Å². The molecule has 4 atom stereocenters. The summed E-state index contributed by atoms with van der Waals surface area (Å²) in [5.41, 5.74) is 6.72. The van der Waals surface area contributed by atoms with Crippen LogP contribution in [-0.4, -0.2) is 17.5 Å². The third-order valence-electron chi connectivity index (χ3n) is 5.24. The molecule has 1 aliphatic carbocycles. The summed E-state index contributed by atoms with van der Waals surface area (Å²) >= 11 is 0. The Bertz CT molecular complexity index is 710. The molecule has 0 aromatic heterocycles. The Morgan fingerprint density at radius 2 is 2.05 bits per heavy atom. The van der Waals surface area contributed by atoms with Crippen molar-refractivity contribution in [3.63, 3.8) is 0 Å². The first kappa shape index (κ1) is 13.5. The third kappa shape index (κ3) is 1.88. The summed E-state index contributed by atoms with van der Waals surface area (Å²) < 4.78 is 0. The lowest BCUT2D eigenvalue weighted by Crippen LogP contribution is -2.32. The number of anilines is 1. The van der Waals surface area contributed by atoms with E-state index in [1.54, 1.807) is 0 Å². The van der Waals surface area contributed by atoms with Gasteiger partial charge in [-0.15, -0.1) is 0 Å². The van der Waals surface area contributed by atoms with Gasteiger partial charge in [-0.1, -0.05) is 19.9 Å². The van der Waals surface area contributed by atoms with E-state index in [0.717, 1.165) is 29.8 Å². The highest BCUT2D eigenvalue weighted by Gasteiger charge is 2.49. The number of nitrogens with zero attached hydrogens (tertiary/aromatic N) is 1. The molecule has 5 heteroatoms. The minimum atomic E-state index is 0.0180. The molecule has 0 saturated heterocycles. The fraction of sp³-hybridized carbons (Fsp3) is 0.471. The molecule has 3 aliphatic rings. The molecule has 4 rings (SSSR count). The van der Waals surface area contributed by atoms with Crippen molar-refractivity contribution in [3.8, 4) is 0 Å². The Kier molecular flexibility index (Phi) is 2.86. The molecule has 1 fully saturated rings. The number of fused-ring (bicyclic) bond motifs is 2. The monoisotopic (exact) mass is 297 g/mol. The maximum Gasteiger partial charge on any atom is 0.243 e. The van der Waals surface area contributed by atoms with Crippen molar-refractivity contribution in [1.29, 1.82) is 0 Å². The van der Waals surface area contributed by atoms with Gasteiger partial charge in [-0.25, -0.2) is 5.43 Å². The molecular formula is C17H19N3O2. The Hall–Kier alpha value is -2.17. The van der Waals surface area contributed by atoms with Gasteiger partial charge in [0.15, 0.2) is 0 Å². The predicted molar refractivity (Wildman–Crippen MR) is 83.5 cm³/mol. The summed E-state index contributed by atoms with van der Waals surface area (Å²) in [6.45, 7) is 4.16. The molecule has 0 spiro atoms. The predicted octanol–water partition coefficient (Wildman–Crippen LogP) is 2.24. The summed E-state index contributed by atoms with van der Waals surface area (Å²) in [4.78, 5) is 23.6. The largest absolute Gasteiger partial charge is 0.326 e. The number of hydrogen-bond acceptors (Lipinski definition) is 3. The molecule has 1 aromatic rings. The second-order valence-corrected chi connectivity index (χ2v) is 6.52. The topological polar surface area (TPSA) is 70.6 Å². The van der Waals surface area contributed by atoms with Crippen molar-refractivity contribution >= 4 is 23.2 Å². The van der Waals surface area contributed by atoms with Crippen LogP contribution in [-0.2, 0) is 9.59 Å². The van der Waals surface area contributed by atoms with Crippen LogP contribution in [0.3, 0.4) is 0 Å². The van der Waals surface area contributed by atoms with Gasteiger partial charge in [0.1, 0.15) is 0 Å². The van der Waals surface area contributed by atoms with Crippen LogP contribution in [0.4, 0.5) is 5.69 Å². The van der Waals surface area contributed by atoms with Crippen molar-refractivity contribution < 1.29 is 9.59 Å². The van der Waals surface area contributed by atoms with Crippen molar-refractivity contribution in [2.75, 3.05) is 5.32 Å². The number of amides is 2. The van der Waals surface area contributed by atoms with Crippen molar-refractivity contribution in [3.05, 3.63) is 29.3 Å². The van der Waals surface area contributed by atoms with E-state index in [9.17, 15) is 9.59 Å². The highest BCUT2D eigenvalue weighted by Crippen LogP contribution is 2.44. The summed E-state index contributed by atoms with van der Waals surface area (Å²) in [6, 6.07) is 6.08. The maximum atomic E-state index is 12.1. The average Bonchev–Trinajstić information content (AvgIpc) is 3.29. The quantitative estimate of drug-likeness (QED) is 0.879. The van der Waals surface area contributed by atoms with E-state index in [-0.39, 0.29) is 35.5 Å². The highest BCUT2D eigenvalue weighted by atomic mass is 16.2. The second kappa shape index (κ2) is 4.66. The minimum absolute atomic E-state index is 0.0180. The van der Waals surface area contributed by atoms with Crippen LogP contribution in [0.5, 0.6) is 0 Å². The van der Waals surface area contributed by atoms with E-state index in [1.165, 1.54) is 5.56 Å². The Balaban J connectivity index is 1.72. The lowest BCUT2D eigenvalue weighted by Gasteiger charge is -2.30. The van der Waals surface area contributed by atoms with Crippen LogP contribution in [0.2, 0.25) is 0 Å². The number of benzene rings is 1. The van der Waals surface area contributed by atoms with Gasteiger partial charge in [0, 0.05) is 23.4 Å². The van der Waals surface area contributed by atoms with E-state index >= 15 is 0 Å². The van der Waals surface area contributed by atoms with Gasteiger partial charge in [-0.2, -0.15) is 5.10 Å². The molecule has 1 aromatic carbocycles. The molecule has 2 N–H and O–H groups in total. The van der Waals surface area contributed by atoms with E-state index < -0.39 is 0 Å². The normalized spacial score (nSPS) is 32.4. The van der Waals surface area contributed by atoms with E-state index in [1.807, 2.05) is 19.1 Å². The molecule has 4 unspecified atom stereocenters. The van der Waals surface area contributed by atoms with Crippen LogP contribution in [0, 0.1) is 17.8 Å². The van der Waals surface area contributed by atoms with Gasteiger partial charge < -0.3 is 5.32 Å². The maximum absolute atomic E-state index is 12.1. The van der Waals surface area contributed by atoms with Crippen molar-refractivity contribution in [2.24, 2.45) is 22.9 Å². The molecule has 2 heterocycles. The van der Waals surface area contributed by atoms with E-state index in [0.29, 0.717) is 0 Å². The Labute approximate surface area is 129 Å². The minimum Gasteiger partial charge on any atom is -0.326 e. The smallest absolute Gasteiger partial charge is 0.243 e. The first-order valence-electron chi connectivity index (χ1n) is 7.92. The molecule has 0 radical (unpaired) electrons. The average molecular weight is 297 g/mol. The van der Waals surface area contributed by atoms with Crippen LogP contribution < -0.4 is 10.7 Å². The number of carbonyl (C=O) groups excluding carboxylic acids is 2. The summed E-state index contributed by atoms with van der Waals surface area (Å²) in [6.07, 6.45) is 1.73. The van der Waals surface area contributed by atoms with Gasteiger partial charge in [-0.3, -0.25) is 9.59 Å². The van der Waals surface area contributed by atoms with E-state index in [2.05, 4.69) is 28.8 Å². The molecule has 114 valence electrons. The van der Waals surface area contributed by atoms with Crippen LogP contribution in [0.1, 0.15) is 43.7 Å². The number of rotatable bonds is 2. The summed E-state index contributed by atoms with van der Waals surface area (Å²) in [7, 11) is 0. The Morgan fingerprint density at radius 1 is 1.23 bits per heavy atom. The summed E-state index contributed by atoms with van der Waals surface area (Å²) in [5.74, 6) is 0.733. The molecule has 0 bridgehead atoms. The standard InChI is InChI=1S/C17H19N3O2/c1-3-10-8(2)11-6-9(4-5-14(11)18-16(10)21)15-12-7-13(12)17(22)20-19-15/h4-6,8,10,12-13H,3,7H2,1-2H3,(H,18,21)(H,20,22). The zero-order valence-electron chi connectivity index (χ0n) is 12.7. The van der Waals surface area contributed by atoms with Gasteiger partial charge in [0.05, 0.1) is 5.71 Å². The zero-order chi connectivity index (χ0) is 15.4.